The fourth-order valence-corrected chi connectivity index (χ4v) is 7.48. The lowest BCUT2D eigenvalue weighted by molar-refractivity contribution is -0.148. The number of likely N-dealkylation sites (tertiary alicyclic amines) is 1. The average Bonchev–Trinajstić information content (AvgIpc) is 3.57. The second-order valence-electron chi connectivity index (χ2n) is 15.3. The number of ether oxygens (including phenoxy) is 3. The number of methoxy groups -OCH3 is 3. The molecule has 3 N–H and O–H groups in total. The lowest BCUT2D eigenvalue weighted by atomic mass is 9.89. The highest BCUT2D eigenvalue weighted by Crippen LogP contribution is 2.31. The number of nitrogens with one attached hydrogen (secondary N) is 3. The molecular formula is C40H66FN5O8. The molecule has 1 aromatic carbocycles. The van der Waals surface area contributed by atoms with Crippen LogP contribution in [0.25, 0.3) is 0 Å². The predicted molar refractivity (Wildman–Crippen MR) is 205 cm³/mol. The molecule has 1 aromatic rings. The molecule has 10 atom stereocenters. The first-order valence-electron chi connectivity index (χ1n) is 19.1. The van der Waals surface area contributed by atoms with Crippen LogP contribution in [0.3, 0.4) is 0 Å². The number of Topliss-reactive ketones (excluding diaryl/α,β-unsaturated/α-hetero) is 1. The number of carbonyl (C=O) groups excluding carboxylic acids is 5. The molecular weight excluding hydrogens is 697 g/mol. The van der Waals surface area contributed by atoms with Gasteiger partial charge in [0.15, 0.2) is 5.78 Å². The fourth-order valence-electron chi connectivity index (χ4n) is 7.48. The Balaban J connectivity index is 2.32. The lowest BCUT2D eigenvalue weighted by Gasteiger charge is -2.41. The number of nitrogens with zero attached hydrogens (tertiary/aromatic N) is 2. The summed E-state index contributed by atoms with van der Waals surface area (Å²) in [5.74, 6) is -3.11. The lowest BCUT2D eigenvalue weighted by Crippen LogP contribution is -2.59. The molecule has 2 rings (SSSR count). The van der Waals surface area contributed by atoms with Gasteiger partial charge in [-0.3, -0.25) is 24.0 Å². The smallest absolute Gasteiger partial charge is 0.245 e. The van der Waals surface area contributed by atoms with Crippen molar-refractivity contribution in [3.63, 3.8) is 0 Å². The maximum atomic E-state index is 14.3. The molecule has 306 valence electrons. The molecule has 0 saturated carbocycles. The van der Waals surface area contributed by atoms with Crippen LogP contribution in [-0.2, 0) is 33.4 Å². The Morgan fingerprint density at radius 3 is 1.96 bits per heavy atom. The van der Waals surface area contributed by atoms with Gasteiger partial charge in [0.25, 0.3) is 0 Å². The van der Waals surface area contributed by atoms with E-state index in [4.69, 9.17) is 14.2 Å². The van der Waals surface area contributed by atoms with E-state index in [-0.39, 0.29) is 65.9 Å². The monoisotopic (exact) mass is 763 g/mol. The number of amides is 4. The van der Waals surface area contributed by atoms with Crippen LogP contribution < -0.4 is 16.0 Å². The molecule has 1 aliphatic rings. The van der Waals surface area contributed by atoms with Gasteiger partial charge in [-0.2, -0.15) is 0 Å². The summed E-state index contributed by atoms with van der Waals surface area (Å²) in [7, 11) is 7.97. The number of hydrogen-bond donors (Lipinski definition) is 3. The number of rotatable bonds is 21. The van der Waals surface area contributed by atoms with Crippen LogP contribution >= 0.6 is 0 Å². The summed E-state index contributed by atoms with van der Waals surface area (Å²) in [5.41, 5.74) is 0.268. The molecule has 54 heavy (non-hydrogen) atoms. The van der Waals surface area contributed by atoms with Crippen LogP contribution in [0.5, 0.6) is 0 Å². The maximum absolute atomic E-state index is 14.3. The van der Waals surface area contributed by atoms with Crippen LogP contribution in [0.2, 0.25) is 0 Å². The molecule has 14 heteroatoms. The van der Waals surface area contributed by atoms with E-state index in [1.807, 2.05) is 41.5 Å². The minimum atomic E-state index is -0.890. The van der Waals surface area contributed by atoms with E-state index >= 15 is 0 Å². The molecule has 1 saturated heterocycles. The maximum Gasteiger partial charge on any atom is 0.245 e. The molecule has 1 fully saturated rings. The molecule has 0 spiro atoms. The van der Waals surface area contributed by atoms with Crippen molar-refractivity contribution in [2.45, 2.75) is 123 Å². The van der Waals surface area contributed by atoms with Gasteiger partial charge in [-0.1, -0.05) is 54.9 Å². The summed E-state index contributed by atoms with van der Waals surface area (Å²) in [4.78, 5) is 71.5. The zero-order valence-electron chi connectivity index (χ0n) is 34.6. The highest BCUT2D eigenvalue weighted by molar-refractivity contribution is 6.01. The van der Waals surface area contributed by atoms with Crippen molar-refractivity contribution in [2.75, 3.05) is 42.0 Å². The van der Waals surface area contributed by atoms with E-state index in [2.05, 4.69) is 16.0 Å². The van der Waals surface area contributed by atoms with Crippen molar-refractivity contribution in [1.29, 1.82) is 0 Å². The van der Waals surface area contributed by atoms with Gasteiger partial charge in [-0.15, -0.1) is 0 Å². The normalized spacial score (nSPS) is 20.4. The van der Waals surface area contributed by atoms with Crippen molar-refractivity contribution in [2.24, 2.45) is 23.7 Å². The van der Waals surface area contributed by atoms with Crippen LogP contribution in [0, 0.1) is 29.5 Å². The van der Waals surface area contributed by atoms with Gasteiger partial charge in [-0.25, -0.2) is 4.39 Å². The summed E-state index contributed by atoms with van der Waals surface area (Å²) in [5, 5.41) is 8.76. The third-order valence-corrected chi connectivity index (χ3v) is 11.0. The van der Waals surface area contributed by atoms with E-state index in [1.165, 1.54) is 38.5 Å². The highest BCUT2D eigenvalue weighted by Gasteiger charge is 2.46. The molecule has 4 amide bonds. The number of carbonyl (C=O) groups is 5. The van der Waals surface area contributed by atoms with Gasteiger partial charge >= 0.3 is 0 Å². The molecule has 0 unspecified atom stereocenters. The summed E-state index contributed by atoms with van der Waals surface area (Å²) >= 11 is 0. The Morgan fingerprint density at radius 1 is 0.889 bits per heavy atom. The van der Waals surface area contributed by atoms with E-state index in [9.17, 15) is 28.4 Å². The molecule has 0 radical (unpaired) electrons. The second-order valence-corrected chi connectivity index (χ2v) is 15.3. The minimum Gasteiger partial charge on any atom is -0.380 e. The van der Waals surface area contributed by atoms with E-state index in [0.29, 0.717) is 12.8 Å². The predicted octanol–water partition coefficient (Wildman–Crippen LogP) is 3.44. The Bertz CT molecular complexity index is 1390. The SMILES string of the molecule is CC[C@H](C)[C@@H]([C@@H](CC(=O)N1C[C@H](OC)C[C@@H]1[C@H](OC)[C@@H](C)C(=O)N[C@@H](C)C(=O)c1ccc(F)cc1)OC)N(C)C(=O)[C@@H](NC(=O)[C@@H](NC)C(C)C)C(C)C. The summed E-state index contributed by atoms with van der Waals surface area (Å²) in [6, 6.07) is 1.90. The van der Waals surface area contributed by atoms with E-state index in [1.54, 1.807) is 44.9 Å². The van der Waals surface area contributed by atoms with Crippen LogP contribution in [-0.4, -0.2) is 130 Å². The van der Waals surface area contributed by atoms with Crippen LogP contribution in [0.4, 0.5) is 4.39 Å². The first-order chi connectivity index (χ1) is 25.4. The number of halogens is 1. The van der Waals surface area contributed by atoms with Gasteiger partial charge in [-0.05, 0) is 62.4 Å². The highest BCUT2D eigenvalue weighted by atomic mass is 19.1. The largest absolute Gasteiger partial charge is 0.380 e. The Kier molecular flexibility index (Phi) is 18.7. The zero-order chi connectivity index (χ0) is 41.0. The summed E-state index contributed by atoms with van der Waals surface area (Å²) in [6.07, 6.45) is -0.725. The van der Waals surface area contributed by atoms with Crippen LogP contribution in [0.1, 0.15) is 85.0 Å². The number of benzene rings is 1. The molecule has 0 aromatic heterocycles. The topological polar surface area (TPSA) is 156 Å². The van der Waals surface area contributed by atoms with Crippen molar-refractivity contribution >= 4 is 29.4 Å². The zero-order valence-corrected chi connectivity index (χ0v) is 34.6. The van der Waals surface area contributed by atoms with Gasteiger partial charge in [0.1, 0.15) is 11.9 Å². The second kappa shape index (κ2) is 21.6. The van der Waals surface area contributed by atoms with Gasteiger partial charge in [0.05, 0.1) is 54.8 Å². The number of hydrogen-bond acceptors (Lipinski definition) is 9. The summed E-state index contributed by atoms with van der Waals surface area (Å²) < 4.78 is 31.0. The first kappa shape index (κ1) is 46.7. The van der Waals surface area contributed by atoms with Gasteiger partial charge in [0, 0.05) is 40.5 Å². The first-order valence-corrected chi connectivity index (χ1v) is 19.1. The van der Waals surface area contributed by atoms with E-state index in [0.717, 1.165) is 0 Å². The third-order valence-electron chi connectivity index (χ3n) is 11.0. The quantitative estimate of drug-likeness (QED) is 0.160. The minimum absolute atomic E-state index is 0.00941. The van der Waals surface area contributed by atoms with Crippen molar-refractivity contribution in [3.05, 3.63) is 35.6 Å². The average molecular weight is 764 g/mol. The number of likely N-dealkylation sites (N-methyl/N-ethyl adjacent to an activating group) is 2. The molecule has 1 aliphatic heterocycles. The fraction of sp³-hybridized carbons (Fsp3) is 0.725. The third kappa shape index (κ3) is 11.8. The van der Waals surface area contributed by atoms with Gasteiger partial charge < -0.3 is 40.0 Å². The molecule has 0 aliphatic carbocycles. The standard InChI is InChI=1S/C40H66FN5O8/c1-14-24(6)35(45(10)40(51)34(23(4)5)44-39(50)33(42-9)22(2)3)31(53-12)20-32(47)46-21-29(52-11)19-30(46)37(54-13)25(7)38(49)43-26(8)36(48)27-15-17-28(41)18-16-27/h15-18,22-26,29-31,33-35,37,42H,14,19-21H2,1-13H3,(H,43,49)(H,44,50)/t24-,25+,26-,29+,30+,31+,33-,34-,35-,37+/m0/s1. The van der Waals surface area contributed by atoms with Gasteiger partial charge in [0.2, 0.25) is 23.6 Å². The Hall–Kier alpha value is -3.46. The van der Waals surface area contributed by atoms with Crippen molar-refractivity contribution in [3.8, 4) is 0 Å². The Labute approximate surface area is 321 Å². The Morgan fingerprint density at radius 2 is 1.48 bits per heavy atom. The van der Waals surface area contributed by atoms with Crippen molar-refractivity contribution in [1.82, 2.24) is 25.8 Å². The summed E-state index contributed by atoms with van der Waals surface area (Å²) in [6.45, 7) is 15.2. The van der Waals surface area contributed by atoms with E-state index < -0.39 is 60.1 Å². The molecule has 1 heterocycles. The van der Waals surface area contributed by atoms with Crippen LogP contribution in [0.15, 0.2) is 24.3 Å². The van der Waals surface area contributed by atoms with Crippen molar-refractivity contribution < 1.29 is 42.6 Å². The molecule has 13 nitrogen and oxygen atoms in total. The number of ketones is 1. The molecule has 0 bridgehead atoms.